The minimum atomic E-state index is 0.252. The lowest BCUT2D eigenvalue weighted by molar-refractivity contribution is 0.206. The van der Waals surface area contributed by atoms with Gasteiger partial charge in [-0.1, -0.05) is 30.3 Å². The van der Waals surface area contributed by atoms with Crippen molar-refractivity contribution in [2.75, 3.05) is 0 Å². The number of hydrogen-bond acceptors (Lipinski definition) is 2. The Balaban J connectivity index is 1.40. The molecule has 2 aliphatic carbocycles. The first-order valence-electron chi connectivity index (χ1n) is 7.60. The van der Waals surface area contributed by atoms with Gasteiger partial charge in [-0.25, -0.2) is 0 Å². The molecule has 1 aromatic rings. The summed E-state index contributed by atoms with van der Waals surface area (Å²) in [6.07, 6.45) is 3.89. The Morgan fingerprint density at radius 3 is 2.26 bits per heavy atom. The van der Waals surface area contributed by atoms with Crippen molar-refractivity contribution >= 4 is 0 Å². The second-order valence-corrected chi connectivity index (χ2v) is 7.29. The molecule has 1 aromatic carbocycles. The van der Waals surface area contributed by atoms with E-state index >= 15 is 0 Å². The van der Waals surface area contributed by atoms with E-state index in [0.717, 1.165) is 18.0 Å². The van der Waals surface area contributed by atoms with Crippen molar-refractivity contribution in [1.29, 1.82) is 0 Å². The molecule has 2 fully saturated rings. The van der Waals surface area contributed by atoms with Gasteiger partial charge in [-0.05, 0) is 45.6 Å². The Labute approximate surface area is 117 Å². The van der Waals surface area contributed by atoms with Crippen molar-refractivity contribution in [1.82, 2.24) is 10.6 Å². The standard InChI is InChI=1S/C17H26N2/c1-17(2,3)19-14-9-13(10-14)18-16-11-15(16)12-7-5-4-6-8-12/h4-8,13-16,18-19H,9-11H2,1-3H3/t13-,14+,15-,16+/m0/s1. The zero-order chi connectivity index (χ0) is 13.5. The minimum Gasteiger partial charge on any atom is -0.310 e. The molecule has 0 spiro atoms. The van der Waals surface area contributed by atoms with Gasteiger partial charge in [0.15, 0.2) is 0 Å². The summed E-state index contributed by atoms with van der Waals surface area (Å²) in [5.41, 5.74) is 1.76. The Bertz CT molecular complexity index is 415. The van der Waals surface area contributed by atoms with E-state index < -0.39 is 0 Å². The Morgan fingerprint density at radius 2 is 1.63 bits per heavy atom. The first-order valence-corrected chi connectivity index (χ1v) is 7.60. The lowest BCUT2D eigenvalue weighted by atomic mass is 9.85. The van der Waals surface area contributed by atoms with Gasteiger partial charge < -0.3 is 10.6 Å². The molecular weight excluding hydrogens is 232 g/mol. The van der Waals surface area contributed by atoms with Crippen molar-refractivity contribution in [2.45, 2.75) is 69.6 Å². The summed E-state index contributed by atoms with van der Waals surface area (Å²) in [5, 5.41) is 7.50. The Morgan fingerprint density at radius 1 is 0.947 bits per heavy atom. The zero-order valence-corrected chi connectivity index (χ0v) is 12.3. The molecule has 0 amide bonds. The predicted molar refractivity (Wildman–Crippen MR) is 80.4 cm³/mol. The molecule has 2 N–H and O–H groups in total. The third kappa shape index (κ3) is 3.37. The number of hydrogen-bond donors (Lipinski definition) is 2. The third-order valence-corrected chi connectivity index (χ3v) is 4.24. The van der Waals surface area contributed by atoms with Crippen molar-refractivity contribution in [3.05, 3.63) is 35.9 Å². The second-order valence-electron chi connectivity index (χ2n) is 7.29. The molecule has 2 heteroatoms. The molecule has 3 rings (SSSR count). The number of rotatable bonds is 4. The molecule has 2 aliphatic rings. The van der Waals surface area contributed by atoms with Crippen LogP contribution in [0.25, 0.3) is 0 Å². The predicted octanol–water partition coefficient (Wildman–Crippen LogP) is 3.05. The van der Waals surface area contributed by atoms with Crippen LogP contribution in [0.2, 0.25) is 0 Å². The first kappa shape index (κ1) is 13.1. The molecule has 19 heavy (non-hydrogen) atoms. The fourth-order valence-corrected chi connectivity index (χ4v) is 3.23. The normalized spacial score (nSPS) is 33.8. The lowest BCUT2D eigenvalue weighted by Gasteiger charge is -2.41. The molecule has 2 nitrogen and oxygen atoms in total. The highest BCUT2D eigenvalue weighted by Crippen LogP contribution is 2.42. The van der Waals surface area contributed by atoms with Crippen molar-refractivity contribution in [3.8, 4) is 0 Å². The van der Waals surface area contributed by atoms with Crippen LogP contribution >= 0.6 is 0 Å². The molecule has 2 saturated carbocycles. The van der Waals surface area contributed by atoms with Crippen molar-refractivity contribution < 1.29 is 0 Å². The molecule has 0 bridgehead atoms. The molecule has 0 unspecified atom stereocenters. The van der Waals surface area contributed by atoms with Crippen molar-refractivity contribution in [3.63, 3.8) is 0 Å². The summed E-state index contributed by atoms with van der Waals surface area (Å²) in [6.45, 7) is 6.75. The monoisotopic (exact) mass is 258 g/mol. The van der Waals surface area contributed by atoms with Gasteiger partial charge in [-0.3, -0.25) is 0 Å². The fraction of sp³-hybridized carbons (Fsp3) is 0.647. The highest BCUT2D eigenvalue weighted by Gasteiger charge is 2.42. The van der Waals surface area contributed by atoms with Gasteiger partial charge in [-0.2, -0.15) is 0 Å². The van der Waals surface area contributed by atoms with Gasteiger partial charge in [0.25, 0.3) is 0 Å². The molecule has 0 radical (unpaired) electrons. The fourth-order valence-electron chi connectivity index (χ4n) is 3.23. The van der Waals surface area contributed by atoms with Crippen LogP contribution in [-0.2, 0) is 0 Å². The summed E-state index contributed by atoms with van der Waals surface area (Å²) in [6, 6.07) is 13.1. The van der Waals surface area contributed by atoms with E-state index in [-0.39, 0.29) is 5.54 Å². The van der Waals surface area contributed by atoms with E-state index in [1.807, 2.05) is 0 Å². The molecule has 0 saturated heterocycles. The van der Waals surface area contributed by atoms with Crippen LogP contribution in [-0.4, -0.2) is 23.7 Å². The summed E-state index contributed by atoms with van der Waals surface area (Å²) in [5.74, 6) is 0.760. The van der Waals surface area contributed by atoms with Crippen LogP contribution in [0.1, 0.15) is 51.5 Å². The topological polar surface area (TPSA) is 24.1 Å². The largest absolute Gasteiger partial charge is 0.310 e. The van der Waals surface area contributed by atoms with Gasteiger partial charge in [0.05, 0.1) is 0 Å². The van der Waals surface area contributed by atoms with Gasteiger partial charge >= 0.3 is 0 Å². The van der Waals surface area contributed by atoms with Crippen LogP contribution in [0.15, 0.2) is 30.3 Å². The first-order chi connectivity index (χ1) is 9.01. The van der Waals surface area contributed by atoms with Gasteiger partial charge in [0.2, 0.25) is 0 Å². The second kappa shape index (κ2) is 4.92. The van der Waals surface area contributed by atoms with E-state index in [2.05, 4.69) is 61.7 Å². The maximum absolute atomic E-state index is 3.81. The summed E-state index contributed by atoms with van der Waals surface area (Å²) >= 11 is 0. The number of benzene rings is 1. The molecule has 0 aliphatic heterocycles. The smallest absolute Gasteiger partial charge is 0.0145 e. The van der Waals surface area contributed by atoms with E-state index in [9.17, 15) is 0 Å². The molecule has 104 valence electrons. The van der Waals surface area contributed by atoms with E-state index in [1.54, 1.807) is 0 Å². The zero-order valence-electron chi connectivity index (χ0n) is 12.3. The van der Waals surface area contributed by atoms with Crippen LogP contribution in [0.4, 0.5) is 0 Å². The van der Waals surface area contributed by atoms with Crippen LogP contribution in [0.5, 0.6) is 0 Å². The molecule has 2 atom stereocenters. The van der Waals surface area contributed by atoms with E-state index in [0.29, 0.717) is 6.04 Å². The van der Waals surface area contributed by atoms with Crippen molar-refractivity contribution in [2.24, 2.45) is 0 Å². The average Bonchev–Trinajstić information content (AvgIpc) is 3.05. The summed E-state index contributed by atoms with van der Waals surface area (Å²) in [4.78, 5) is 0. The van der Waals surface area contributed by atoms with Crippen LogP contribution < -0.4 is 10.6 Å². The lowest BCUT2D eigenvalue weighted by Crippen LogP contribution is -2.56. The van der Waals surface area contributed by atoms with E-state index in [4.69, 9.17) is 0 Å². The van der Waals surface area contributed by atoms with Crippen LogP contribution in [0.3, 0.4) is 0 Å². The quantitative estimate of drug-likeness (QED) is 0.867. The Kier molecular flexibility index (Phi) is 3.40. The van der Waals surface area contributed by atoms with Gasteiger partial charge in [0.1, 0.15) is 0 Å². The molecular formula is C17H26N2. The minimum absolute atomic E-state index is 0.252. The van der Waals surface area contributed by atoms with Gasteiger partial charge in [0, 0.05) is 29.6 Å². The summed E-state index contributed by atoms with van der Waals surface area (Å²) in [7, 11) is 0. The Hall–Kier alpha value is -0.860. The molecule has 0 heterocycles. The molecule has 0 aromatic heterocycles. The highest BCUT2D eigenvalue weighted by atomic mass is 15.1. The number of nitrogens with one attached hydrogen (secondary N) is 2. The average molecular weight is 258 g/mol. The highest BCUT2D eigenvalue weighted by molar-refractivity contribution is 5.28. The maximum atomic E-state index is 3.81. The maximum Gasteiger partial charge on any atom is 0.0145 e. The summed E-state index contributed by atoms with van der Waals surface area (Å²) < 4.78 is 0. The van der Waals surface area contributed by atoms with Crippen LogP contribution in [0, 0.1) is 0 Å². The third-order valence-electron chi connectivity index (χ3n) is 4.24. The van der Waals surface area contributed by atoms with Gasteiger partial charge in [-0.15, -0.1) is 0 Å². The van der Waals surface area contributed by atoms with E-state index in [1.165, 1.54) is 24.8 Å². The SMILES string of the molecule is CC(C)(C)N[C@H]1C[C@@H](N[C@@H]2C[C@H]2c2ccccc2)C1.